The van der Waals surface area contributed by atoms with Crippen LogP contribution in [0.15, 0.2) is 43.0 Å². The van der Waals surface area contributed by atoms with Gasteiger partial charge in [0.15, 0.2) is 5.13 Å². The maximum Gasteiger partial charge on any atom is 0.252 e. The van der Waals surface area contributed by atoms with Crippen LogP contribution in [0, 0.1) is 0 Å². The molecule has 10 heteroatoms. The van der Waals surface area contributed by atoms with Gasteiger partial charge in [0.2, 0.25) is 5.91 Å². The second kappa shape index (κ2) is 9.09. The van der Waals surface area contributed by atoms with Gasteiger partial charge in [0.1, 0.15) is 5.82 Å². The predicted octanol–water partition coefficient (Wildman–Crippen LogP) is 2.37. The summed E-state index contributed by atoms with van der Waals surface area (Å²) >= 11 is 1.46. The van der Waals surface area contributed by atoms with Crippen molar-refractivity contribution in [1.29, 1.82) is 0 Å². The average Bonchev–Trinajstić information content (AvgIpc) is 3.27. The highest BCUT2D eigenvalue weighted by Crippen LogP contribution is 2.31. The van der Waals surface area contributed by atoms with Crippen molar-refractivity contribution in [3.63, 3.8) is 0 Å². The third-order valence-electron chi connectivity index (χ3n) is 5.09. The number of carbonyl (C=O) groups is 2. The van der Waals surface area contributed by atoms with Crippen LogP contribution in [-0.2, 0) is 4.79 Å². The molecule has 4 heterocycles. The number of nitrogens with one attached hydrogen (secondary N) is 2. The number of rotatable bonds is 5. The van der Waals surface area contributed by atoms with Crippen LogP contribution < -0.4 is 15.5 Å². The van der Waals surface area contributed by atoms with E-state index >= 15 is 0 Å². The summed E-state index contributed by atoms with van der Waals surface area (Å²) in [5, 5.41) is 6.56. The van der Waals surface area contributed by atoms with E-state index in [0.717, 1.165) is 42.3 Å². The maximum atomic E-state index is 11.8. The minimum Gasteiger partial charge on any atom is -0.368 e. The van der Waals surface area contributed by atoms with E-state index in [2.05, 4.69) is 30.5 Å². The van der Waals surface area contributed by atoms with Gasteiger partial charge in [0, 0.05) is 82.3 Å². The number of aromatic nitrogens is 3. The molecule has 0 bridgehead atoms. The van der Waals surface area contributed by atoms with Crippen LogP contribution in [0.25, 0.3) is 10.4 Å². The molecule has 3 aromatic rings. The van der Waals surface area contributed by atoms with Gasteiger partial charge < -0.3 is 20.4 Å². The van der Waals surface area contributed by atoms with E-state index in [1.165, 1.54) is 17.5 Å². The van der Waals surface area contributed by atoms with Crippen molar-refractivity contribution in [2.24, 2.45) is 0 Å². The monoisotopic (exact) mass is 437 g/mol. The Morgan fingerprint density at radius 1 is 1.06 bits per heavy atom. The summed E-state index contributed by atoms with van der Waals surface area (Å²) in [4.78, 5) is 41.4. The lowest BCUT2D eigenvalue weighted by atomic mass is 10.2. The molecule has 2 N–H and O–H groups in total. The van der Waals surface area contributed by atoms with Crippen LogP contribution in [0.4, 0.5) is 16.6 Å². The maximum absolute atomic E-state index is 11.8. The summed E-state index contributed by atoms with van der Waals surface area (Å²) < 4.78 is 0. The van der Waals surface area contributed by atoms with Crippen molar-refractivity contribution < 1.29 is 9.59 Å². The Kier molecular flexibility index (Phi) is 6.08. The first-order valence-electron chi connectivity index (χ1n) is 9.90. The molecule has 31 heavy (non-hydrogen) atoms. The lowest BCUT2D eigenvalue weighted by Gasteiger charge is -2.35. The molecule has 2 amide bonds. The van der Waals surface area contributed by atoms with E-state index in [0.29, 0.717) is 16.5 Å². The summed E-state index contributed by atoms with van der Waals surface area (Å²) in [7, 11) is 1.59. The smallest absolute Gasteiger partial charge is 0.252 e. The SMILES string of the molecule is CNC(=O)c1cncc(-c2cnc(Nc3cc(N4CCN(C(C)=O)CC4)ccn3)s2)c1. The molecule has 4 rings (SSSR count). The first-order valence-corrected chi connectivity index (χ1v) is 10.7. The molecule has 0 spiro atoms. The van der Waals surface area contributed by atoms with Gasteiger partial charge >= 0.3 is 0 Å². The fourth-order valence-corrected chi connectivity index (χ4v) is 4.19. The number of piperazine rings is 1. The van der Waals surface area contributed by atoms with Crippen LogP contribution in [-0.4, -0.2) is 64.9 Å². The Hall–Kier alpha value is -3.53. The van der Waals surface area contributed by atoms with Gasteiger partial charge in [-0.1, -0.05) is 11.3 Å². The second-order valence-electron chi connectivity index (χ2n) is 7.09. The van der Waals surface area contributed by atoms with Gasteiger partial charge in [-0.25, -0.2) is 9.97 Å². The van der Waals surface area contributed by atoms with Crippen LogP contribution in [0.2, 0.25) is 0 Å². The first-order chi connectivity index (χ1) is 15.0. The van der Waals surface area contributed by atoms with Crippen molar-refractivity contribution in [2.45, 2.75) is 6.92 Å². The topological polar surface area (TPSA) is 103 Å². The number of nitrogens with zero attached hydrogens (tertiary/aromatic N) is 5. The molecule has 1 saturated heterocycles. The van der Waals surface area contributed by atoms with E-state index in [9.17, 15) is 9.59 Å². The fraction of sp³-hybridized carbons (Fsp3) is 0.286. The lowest BCUT2D eigenvalue weighted by Crippen LogP contribution is -2.48. The average molecular weight is 438 g/mol. The fourth-order valence-electron chi connectivity index (χ4n) is 3.38. The van der Waals surface area contributed by atoms with Crippen molar-refractivity contribution >= 4 is 39.8 Å². The molecule has 160 valence electrons. The molecule has 9 nitrogen and oxygen atoms in total. The van der Waals surface area contributed by atoms with Gasteiger partial charge in [-0.15, -0.1) is 0 Å². The minimum atomic E-state index is -0.178. The second-order valence-corrected chi connectivity index (χ2v) is 8.12. The Balaban J connectivity index is 1.45. The van der Waals surface area contributed by atoms with Gasteiger partial charge in [0.05, 0.1) is 10.4 Å². The van der Waals surface area contributed by atoms with Gasteiger partial charge in [0.25, 0.3) is 5.91 Å². The molecule has 0 unspecified atom stereocenters. The molecule has 1 aliphatic rings. The number of hydrogen-bond acceptors (Lipinski definition) is 8. The number of pyridine rings is 2. The number of thiazole rings is 1. The highest BCUT2D eigenvalue weighted by molar-refractivity contribution is 7.18. The molecule has 0 atom stereocenters. The Morgan fingerprint density at radius 3 is 2.61 bits per heavy atom. The third-order valence-corrected chi connectivity index (χ3v) is 6.05. The molecule has 0 aromatic carbocycles. The summed E-state index contributed by atoms with van der Waals surface area (Å²) in [6, 6.07) is 5.75. The van der Waals surface area contributed by atoms with Crippen LogP contribution >= 0.6 is 11.3 Å². The van der Waals surface area contributed by atoms with Gasteiger partial charge in [-0.2, -0.15) is 0 Å². The molecule has 0 radical (unpaired) electrons. The van der Waals surface area contributed by atoms with Gasteiger partial charge in [-0.3, -0.25) is 14.6 Å². The minimum absolute atomic E-state index is 0.118. The standard InChI is InChI=1S/C21H23N7O2S/c1-14(29)27-5-7-28(8-6-27)17-3-4-24-19(10-17)26-21-25-13-18(31-21)15-9-16(12-23-11-15)20(30)22-2/h3-4,9-13H,5-8H2,1-2H3,(H,22,30)(H,24,25,26). The zero-order valence-corrected chi connectivity index (χ0v) is 18.1. The van der Waals surface area contributed by atoms with Crippen molar-refractivity contribution in [3.8, 4) is 10.4 Å². The first kappa shape index (κ1) is 20.7. The number of carbonyl (C=O) groups excluding carboxylic acids is 2. The highest BCUT2D eigenvalue weighted by Gasteiger charge is 2.19. The number of amides is 2. The normalized spacial score (nSPS) is 13.7. The van der Waals surface area contributed by atoms with Gasteiger partial charge in [-0.05, 0) is 12.1 Å². The van der Waals surface area contributed by atoms with E-state index in [1.54, 1.807) is 38.6 Å². The molecule has 0 aliphatic carbocycles. The summed E-state index contributed by atoms with van der Waals surface area (Å²) in [5.41, 5.74) is 2.39. The molecule has 3 aromatic heterocycles. The van der Waals surface area contributed by atoms with Crippen LogP contribution in [0.3, 0.4) is 0 Å². The van der Waals surface area contributed by atoms with E-state index in [-0.39, 0.29) is 11.8 Å². The van der Waals surface area contributed by atoms with E-state index in [4.69, 9.17) is 0 Å². The van der Waals surface area contributed by atoms with Crippen molar-refractivity contribution in [1.82, 2.24) is 25.2 Å². The number of anilines is 3. The lowest BCUT2D eigenvalue weighted by molar-refractivity contribution is -0.129. The predicted molar refractivity (Wildman–Crippen MR) is 121 cm³/mol. The Morgan fingerprint density at radius 2 is 1.87 bits per heavy atom. The quantitative estimate of drug-likeness (QED) is 0.632. The summed E-state index contributed by atoms with van der Waals surface area (Å²) in [6.45, 7) is 4.63. The molecule has 0 saturated carbocycles. The van der Waals surface area contributed by atoms with E-state index < -0.39 is 0 Å². The highest BCUT2D eigenvalue weighted by atomic mass is 32.1. The van der Waals surface area contributed by atoms with Crippen LogP contribution in [0.1, 0.15) is 17.3 Å². The number of hydrogen-bond donors (Lipinski definition) is 2. The van der Waals surface area contributed by atoms with Crippen molar-refractivity contribution in [2.75, 3.05) is 43.4 Å². The van der Waals surface area contributed by atoms with Crippen LogP contribution in [0.5, 0.6) is 0 Å². The summed E-state index contributed by atoms with van der Waals surface area (Å²) in [5.74, 6) is 0.638. The third kappa shape index (κ3) is 4.80. The largest absolute Gasteiger partial charge is 0.368 e. The van der Waals surface area contributed by atoms with E-state index in [1.807, 2.05) is 17.0 Å². The zero-order chi connectivity index (χ0) is 21.8. The zero-order valence-electron chi connectivity index (χ0n) is 17.3. The molecule has 1 fully saturated rings. The van der Waals surface area contributed by atoms with Crippen molar-refractivity contribution in [3.05, 3.63) is 48.5 Å². The Labute approximate surface area is 184 Å². The molecular formula is C21H23N7O2S. The molecule has 1 aliphatic heterocycles. The summed E-state index contributed by atoms with van der Waals surface area (Å²) in [6.07, 6.45) is 6.76. The molecular weight excluding hydrogens is 414 g/mol. The Bertz CT molecular complexity index is 1090.